The summed E-state index contributed by atoms with van der Waals surface area (Å²) in [6.07, 6.45) is 18.1. The van der Waals surface area contributed by atoms with Gasteiger partial charge in [-0.1, -0.05) is 101 Å². The third-order valence-corrected chi connectivity index (χ3v) is 12.1. The number of rotatable bonds is 17. The number of ether oxygens (including phenoxy) is 1. The van der Waals surface area contributed by atoms with Gasteiger partial charge in [-0.05, 0) is 56.2 Å². The number of pyridine rings is 1. The van der Waals surface area contributed by atoms with E-state index < -0.39 is 32.6 Å². The molecular formula is C40H56FN3O7S. The van der Waals surface area contributed by atoms with Gasteiger partial charge in [0.2, 0.25) is 5.43 Å². The molecule has 1 saturated carbocycles. The molecule has 3 heterocycles. The first-order chi connectivity index (χ1) is 25.0. The van der Waals surface area contributed by atoms with Crippen LogP contribution in [0.3, 0.4) is 0 Å². The Morgan fingerprint density at radius 3 is 2.23 bits per heavy atom. The SMILES string of the molecule is CCCCCCCCCCCCC(c1ccccc1)S(=O)(=O)O.COc1c(N2C[C@@H]3CCCN[C@@H]3C2)c(F)cc2c(=O)c(C(=O)O)cn(C3CC3)c12. The van der Waals surface area contributed by atoms with E-state index in [9.17, 15) is 27.7 Å². The van der Waals surface area contributed by atoms with Crippen molar-refractivity contribution >= 4 is 32.7 Å². The number of aromatic nitrogens is 1. The van der Waals surface area contributed by atoms with Gasteiger partial charge in [0.15, 0.2) is 11.6 Å². The van der Waals surface area contributed by atoms with Crippen LogP contribution in [0.2, 0.25) is 0 Å². The highest BCUT2D eigenvalue weighted by atomic mass is 32.2. The molecule has 2 saturated heterocycles. The Hall–Kier alpha value is -3.48. The average molecular weight is 742 g/mol. The quantitative estimate of drug-likeness (QED) is 0.0922. The molecule has 1 aliphatic carbocycles. The monoisotopic (exact) mass is 741 g/mol. The van der Waals surface area contributed by atoms with Gasteiger partial charge in [0.1, 0.15) is 16.5 Å². The number of piperidine rings is 1. The van der Waals surface area contributed by atoms with E-state index in [1.807, 2.05) is 23.1 Å². The van der Waals surface area contributed by atoms with Gasteiger partial charge in [0.25, 0.3) is 10.1 Å². The van der Waals surface area contributed by atoms with Crippen molar-refractivity contribution in [1.29, 1.82) is 0 Å². The maximum Gasteiger partial charge on any atom is 0.341 e. The summed E-state index contributed by atoms with van der Waals surface area (Å²) in [6, 6.07) is 10.6. The average Bonchev–Trinajstić information content (AvgIpc) is 3.88. The van der Waals surface area contributed by atoms with Gasteiger partial charge >= 0.3 is 5.97 Å². The van der Waals surface area contributed by atoms with Gasteiger partial charge in [0, 0.05) is 31.4 Å². The summed E-state index contributed by atoms with van der Waals surface area (Å²) >= 11 is 0. The van der Waals surface area contributed by atoms with Crippen molar-refractivity contribution in [2.75, 3.05) is 31.6 Å². The van der Waals surface area contributed by atoms with E-state index in [0.29, 0.717) is 47.4 Å². The number of halogens is 1. The molecule has 3 aromatic rings. The van der Waals surface area contributed by atoms with Crippen LogP contribution in [0.1, 0.15) is 130 Å². The smallest absolute Gasteiger partial charge is 0.341 e. The molecule has 0 spiro atoms. The van der Waals surface area contributed by atoms with E-state index in [1.54, 1.807) is 16.7 Å². The Labute approximate surface area is 307 Å². The first-order valence-corrected chi connectivity index (χ1v) is 20.7. The maximum absolute atomic E-state index is 15.3. The number of hydrogen-bond acceptors (Lipinski definition) is 7. The van der Waals surface area contributed by atoms with Crippen LogP contribution in [-0.2, 0) is 10.1 Å². The molecule has 286 valence electrons. The zero-order valence-corrected chi connectivity index (χ0v) is 31.5. The van der Waals surface area contributed by atoms with Gasteiger partial charge < -0.3 is 24.6 Å². The Bertz CT molecular complexity index is 1800. The molecule has 12 heteroatoms. The minimum absolute atomic E-state index is 0.0599. The third kappa shape index (κ3) is 9.93. The summed E-state index contributed by atoms with van der Waals surface area (Å²) in [6.45, 7) is 4.63. The van der Waals surface area contributed by atoms with Crippen LogP contribution in [0.25, 0.3) is 10.9 Å². The number of aromatic carboxylic acids is 1. The van der Waals surface area contributed by atoms with Crippen molar-refractivity contribution in [3.05, 3.63) is 69.8 Å². The predicted octanol–water partition coefficient (Wildman–Crippen LogP) is 8.30. The van der Waals surface area contributed by atoms with Gasteiger partial charge in [-0.2, -0.15) is 8.42 Å². The first kappa shape index (κ1) is 39.7. The van der Waals surface area contributed by atoms with Gasteiger partial charge in [0.05, 0.1) is 18.0 Å². The second kappa shape index (κ2) is 18.5. The number of hydrogen-bond donors (Lipinski definition) is 3. The van der Waals surface area contributed by atoms with Crippen molar-refractivity contribution in [1.82, 2.24) is 9.88 Å². The number of benzene rings is 2. The van der Waals surface area contributed by atoms with Crippen LogP contribution in [0.5, 0.6) is 5.75 Å². The lowest BCUT2D eigenvalue weighted by molar-refractivity contribution is 0.0694. The molecular weight excluding hydrogens is 686 g/mol. The molecule has 52 heavy (non-hydrogen) atoms. The van der Waals surface area contributed by atoms with E-state index in [4.69, 9.17) is 4.74 Å². The van der Waals surface area contributed by atoms with Gasteiger partial charge in [-0.3, -0.25) is 9.35 Å². The minimum Gasteiger partial charge on any atom is -0.492 e. The van der Waals surface area contributed by atoms with E-state index in [1.165, 1.54) is 64.3 Å². The number of nitrogens with zero attached hydrogens (tertiary/aromatic N) is 2. The highest BCUT2D eigenvalue weighted by Crippen LogP contribution is 2.45. The molecule has 2 aliphatic heterocycles. The second-order valence-corrected chi connectivity index (χ2v) is 16.3. The second-order valence-electron chi connectivity index (χ2n) is 14.7. The lowest BCUT2D eigenvalue weighted by atomic mass is 9.94. The molecule has 6 rings (SSSR count). The molecule has 1 unspecified atom stereocenters. The van der Waals surface area contributed by atoms with Crippen molar-refractivity contribution in [3.63, 3.8) is 0 Å². The maximum atomic E-state index is 15.3. The van der Waals surface area contributed by atoms with Crippen molar-refractivity contribution in [2.24, 2.45) is 5.92 Å². The lowest BCUT2D eigenvalue weighted by Crippen LogP contribution is -2.40. The number of carboxylic acids is 1. The standard InChI is InChI=1S/C21H24FN3O4.C19H32O3S/c1-29-20-17-13(19(26)14(21(27)28)9-25(17)12-4-5-12)7-15(22)18(20)24-8-11-3-2-6-23-16(11)10-24;1-2-3-4-5-6-7-8-9-10-14-17-19(23(20,21)22)18-15-12-11-13-16-18/h7,9,11-12,16,23H,2-6,8,10H2,1H3,(H,27,28);11-13,15-16,19H,2-10,14,17H2,1H3,(H,20,21,22)/t11-,16+;/m0./s1. The molecule has 0 radical (unpaired) electrons. The van der Waals surface area contributed by atoms with Crippen LogP contribution in [0.4, 0.5) is 10.1 Å². The van der Waals surface area contributed by atoms with Gasteiger partial charge in [-0.25, -0.2) is 9.18 Å². The minimum atomic E-state index is -4.03. The molecule has 3 aliphatic rings. The van der Waals surface area contributed by atoms with Crippen molar-refractivity contribution in [3.8, 4) is 5.75 Å². The third-order valence-electron chi connectivity index (χ3n) is 10.8. The van der Waals surface area contributed by atoms with Crippen LogP contribution < -0.4 is 20.4 Å². The zero-order chi connectivity index (χ0) is 37.3. The summed E-state index contributed by atoms with van der Waals surface area (Å²) in [4.78, 5) is 26.4. The predicted molar refractivity (Wildman–Crippen MR) is 204 cm³/mol. The number of carboxylic acid groups (broad SMARTS) is 1. The van der Waals surface area contributed by atoms with Crippen LogP contribution in [0, 0.1) is 11.7 Å². The molecule has 0 amide bonds. The highest BCUT2D eigenvalue weighted by Gasteiger charge is 2.38. The lowest BCUT2D eigenvalue weighted by Gasteiger charge is -2.25. The summed E-state index contributed by atoms with van der Waals surface area (Å²) in [5, 5.41) is 12.2. The summed E-state index contributed by atoms with van der Waals surface area (Å²) < 4.78 is 55.4. The number of nitrogens with one attached hydrogen (secondary N) is 1. The topological polar surface area (TPSA) is 138 Å². The Balaban J connectivity index is 0.000000208. The Kier molecular flexibility index (Phi) is 14.1. The van der Waals surface area contributed by atoms with Crippen LogP contribution in [0.15, 0.2) is 47.4 Å². The largest absolute Gasteiger partial charge is 0.492 e. The molecule has 10 nitrogen and oxygen atoms in total. The van der Waals surface area contributed by atoms with E-state index >= 15 is 4.39 Å². The van der Waals surface area contributed by atoms with Crippen molar-refractivity contribution < 1.29 is 32.0 Å². The molecule has 3 atom stereocenters. The van der Waals surface area contributed by atoms with E-state index in [2.05, 4.69) is 12.2 Å². The molecule has 3 fully saturated rings. The number of anilines is 1. The Morgan fingerprint density at radius 1 is 1.00 bits per heavy atom. The fourth-order valence-electron chi connectivity index (χ4n) is 7.93. The van der Waals surface area contributed by atoms with E-state index in [-0.39, 0.29) is 17.0 Å². The first-order valence-electron chi connectivity index (χ1n) is 19.2. The fraction of sp³-hybridized carbons (Fsp3) is 0.600. The number of carbonyl (C=O) groups is 1. The highest BCUT2D eigenvalue weighted by molar-refractivity contribution is 7.86. The van der Waals surface area contributed by atoms with Gasteiger partial charge in [-0.15, -0.1) is 0 Å². The molecule has 3 N–H and O–H groups in total. The van der Waals surface area contributed by atoms with Crippen molar-refractivity contribution in [2.45, 2.75) is 121 Å². The normalized spacial score (nSPS) is 19.2. The number of unbranched alkanes of at least 4 members (excludes halogenated alkanes) is 9. The summed E-state index contributed by atoms with van der Waals surface area (Å²) in [7, 11) is -2.55. The zero-order valence-electron chi connectivity index (χ0n) is 30.7. The molecule has 0 bridgehead atoms. The van der Waals surface area contributed by atoms with E-state index in [0.717, 1.165) is 58.0 Å². The fourth-order valence-corrected chi connectivity index (χ4v) is 8.89. The number of fused-ring (bicyclic) bond motifs is 2. The Morgan fingerprint density at radius 2 is 1.65 bits per heavy atom. The summed E-state index contributed by atoms with van der Waals surface area (Å²) in [5.41, 5.74) is 0.531. The number of methoxy groups -OCH3 is 1. The molecule has 2 aromatic carbocycles. The van der Waals surface area contributed by atoms with Crippen LogP contribution in [-0.4, -0.2) is 61.4 Å². The summed E-state index contributed by atoms with van der Waals surface area (Å²) in [5.74, 6) is -1.07. The van der Waals surface area contributed by atoms with Crippen LogP contribution >= 0.6 is 0 Å². The molecule has 1 aromatic heterocycles.